The third-order valence-electron chi connectivity index (χ3n) is 2.70. The van der Waals surface area contributed by atoms with Crippen molar-refractivity contribution in [3.63, 3.8) is 0 Å². The first-order valence-electron chi connectivity index (χ1n) is 5.33. The molecule has 0 amide bonds. The number of rotatable bonds is 3. The highest BCUT2D eigenvalue weighted by Gasteiger charge is 2.19. The second kappa shape index (κ2) is 4.78. The predicted molar refractivity (Wildman–Crippen MR) is 72.7 cm³/mol. The first-order valence-corrected chi connectivity index (χ1v) is 5.74. The van der Waals surface area contributed by atoms with Crippen molar-refractivity contribution in [2.75, 3.05) is 5.32 Å². The van der Waals surface area contributed by atoms with E-state index in [0.29, 0.717) is 16.7 Å². The van der Waals surface area contributed by atoms with E-state index < -0.39 is 0 Å². The van der Waals surface area contributed by atoms with Gasteiger partial charge in [-0.25, -0.2) is 0 Å². The van der Waals surface area contributed by atoms with Crippen molar-refractivity contribution in [1.82, 2.24) is 4.98 Å². The van der Waals surface area contributed by atoms with Crippen LogP contribution in [0.25, 0.3) is 0 Å². The summed E-state index contributed by atoms with van der Waals surface area (Å²) < 4.78 is 0. The molecule has 4 heteroatoms. The molecule has 0 aromatic carbocycles. The summed E-state index contributed by atoms with van der Waals surface area (Å²) in [5.41, 5.74) is 7.34. The Labute approximate surface area is 102 Å². The van der Waals surface area contributed by atoms with Crippen molar-refractivity contribution < 1.29 is 0 Å². The third kappa shape index (κ3) is 3.45. The molecule has 1 aromatic heterocycles. The maximum Gasteiger partial charge on any atom is 0.122 e. The Morgan fingerprint density at radius 2 is 2.06 bits per heavy atom. The molecule has 0 aliphatic rings. The van der Waals surface area contributed by atoms with Crippen LogP contribution in [0.5, 0.6) is 0 Å². The molecule has 1 rings (SSSR count). The number of anilines is 1. The zero-order valence-corrected chi connectivity index (χ0v) is 11.1. The minimum Gasteiger partial charge on any atom is -0.388 e. The van der Waals surface area contributed by atoms with E-state index in [2.05, 4.69) is 38.0 Å². The lowest BCUT2D eigenvalue weighted by Gasteiger charge is -2.28. The lowest BCUT2D eigenvalue weighted by Crippen LogP contribution is -2.30. The fourth-order valence-corrected chi connectivity index (χ4v) is 1.21. The highest BCUT2D eigenvalue weighted by molar-refractivity contribution is 7.80. The van der Waals surface area contributed by atoms with Crippen molar-refractivity contribution in [3.05, 3.63) is 24.0 Å². The largest absolute Gasteiger partial charge is 0.388 e. The predicted octanol–water partition coefficient (Wildman–Crippen LogP) is 2.56. The number of thiocarbonyl (C=S) groups is 1. The molecule has 0 saturated carbocycles. The van der Waals surface area contributed by atoms with Crippen LogP contribution in [-0.4, -0.2) is 16.0 Å². The number of hydrogen-bond donors (Lipinski definition) is 2. The van der Waals surface area contributed by atoms with E-state index in [1.807, 2.05) is 12.1 Å². The van der Waals surface area contributed by atoms with Crippen LogP contribution in [0.15, 0.2) is 18.3 Å². The molecule has 1 aromatic rings. The van der Waals surface area contributed by atoms with Crippen LogP contribution in [-0.2, 0) is 0 Å². The van der Waals surface area contributed by atoms with Gasteiger partial charge in [-0.2, -0.15) is 0 Å². The summed E-state index contributed by atoms with van der Waals surface area (Å²) in [6.45, 7) is 8.74. The maximum atomic E-state index is 5.48. The van der Waals surface area contributed by atoms with Gasteiger partial charge in [0.05, 0.1) is 17.6 Å². The summed E-state index contributed by atoms with van der Waals surface area (Å²) >= 11 is 4.85. The highest BCUT2D eigenvalue weighted by atomic mass is 32.1. The first-order chi connectivity index (χ1) is 7.30. The van der Waals surface area contributed by atoms with E-state index in [9.17, 15) is 0 Å². The quantitative estimate of drug-likeness (QED) is 0.793. The molecule has 0 aliphatic heterocycles. The van der Waals surface area contributed by atoms with Gasteiger partial charge in [-0.1, -0.05) is 33.0 Å². The number of pyridine rings is 1. The van der Waals surface area contributed by atoms with Gasteiger partial charge in [-0.15, -0.1) is 0 Å². The maximum absolute atomic E-state index is 5.48. The minimum absolute atomic E-state index is 0.210. The van der Waals surface area contributed by atoms with E-state index in [1.165, 1.54) is 0 Å². The monoisotopic (exact) mass is 237 g/mol. The summed E-state index contributed by atoms with van der Waals surface area (Å²) in [6, 6.07) is 4.15. The van der Waals surface area contributed by atoms with Crippen LogP contribution < -0.4 is 11.1 Å². The van der Waals surface area contributed by atoms with E-state index in [-0.39, 0.29) is 5.41 Å². The van der Waals surface area contributed by atoms with Crippen LogP contribution in [0.3, 0.4) is 0 Å². The van der Waals surface area contributed by atoms with Crippen LogP contribution in [0.2, 0.25) is 0 Å². The van der Waals surface area contributed by atoms with Gasteiger partial charge < -0.3 is 11.1 Å². The van der Waals surface area contributed by atoms with E-state index in [0.717, 1.165) is 5.69 Å². The number of aromatic nitrogens is 1. The van der Waals surface area contributed by atoms with E-state index >= 15 is 0 Å². The SMILES string of the molecule is CC(Nc1ccc(C(N)=S)nc1)C(C)(C)C. The molecule has 1 heterocycles. The number of nitrogens with one attached hydrogen (secondary N) is 1. The highest BCUT2D eigenvalue weighted by Crippen LogP contribution is 2.22. The van der Waals surface area contributed by atoms with Gasteiger partial charge in [-0.3, -0.25) is 4.98 Å². The molecule has 88 valence electrons. The Morgan fingerprint density at radius 1 is 1.44 bits per heavy atom. The van der Waals surface area contributed by atoms with Gasteiger partial charge >= 0.3 is 0 Å². The third-order valence-corrected chi connectivity index (χ3v) is 2.91. The van der Waals surface area contributed by atoms with Gasteiger partial charge in [0.2, 0.25) is 0 Å². The lowest BCUT2D eigenvalue weighted by molar-refractivity contribution is 0.359. The van der Waals surface area contributed by atoms with Crippen LogP contribution in [0, 0.1) is 5.41 Å². The topological polar surface area (TPSA) is 50.9 Å². The first kappa shape index (κ1) is 12.9. The minimum atomic E-state index is 0.210. The zero-order chi connectivity index (χ0) is 12.3. The molecule has 0 aliphatic carbocycles. The Hall–Kier alpha value is -1.16. The van der Waals surface area contributed by atoms with Crippen LogP contribution in [0.4, 0.5) is 5.69 Å². The standard InChI is InChI=1S/C12H19N3S/c1-8(12(2,3)4)15-9-5-6-10(11(13)16)14-7-9/h5-8,15H,1-4H3,(H2,13,16). The second-order valence-electron chi connectivity index (χ2n) is 5.03. The lowest BCUT2D eigenvalue weighted by atomic mass is 9.88. The van der Waals surface area contributed by atoms with Crippen molar-refractivity contribution >= 4 is 22.9 Å². The zero-order valence-electron chi connectivity index (χ0n) is 10.2. The summed E-state index contributed by atoms with van der Waals surface area (Å²) in [4.78, 5) is 4.51. The van der Waals surface area contributed by atoms with Crippen molar-refractivity contribution in [2.24, 2.45) is 11.1 Å². The molecule has 0 spiro atoms. The molecule has 1 atom stereocenters. The van der Waals surface area contributed by atoms with Gasteiger partial charge in [0.15, 0.2) is 0 Å². The molecule has 3 nitrogen and oxygen atoms in total. The molecule has 3 N–H and O–H groups in total. The second-order valence-corrected chi connectivity index (χ2v) is 5.47. The molecule has 0 radical (unpaired) electrons. The molecule has 0 fully saturated rings. The fraction of sp³-hybridized carbons (Fsp3) is 0.500. The van der Waals surface area contributed by atoms with E-state index in [1.54, 1.807) is 6.20 Å². The summed E-state index contributed by atoms with van der Waals surface area (Å²) in [7, 11) is 0. The molecule has 1 unspecified atom stereocenters. The number of nitrogens with two attached hydrogens (primary N) is 1. The number of nitrogens with zero attached hydrogens (tertiary/aromatic N) is 1. The fourth-order valence-electron chi connectivity index (χ4n) is 1.09. The van der Waals surface area contributed by atoms with Gasteiger partial charge in [0, 0.05) is 6.04 Å². The Morgan fingerprint density at radius 3 is 2.44 bits per heavy atom. The average molecular weight is 237 g/mol. The van der Waals surface area contributed by atoms with Gasteiger partial charge in [0.1, 0.15) is 4.99 Å². The van der Waals surface area contributed by atoms with Crippen molar-refractivity contribution in [2.45, 2.75) is 33.7 Å². The molecular weight excluding hydrogens is 218 g/mol. The Bertz CT molecular complexity index is 365. The van der Waals surface area contributed by atoms with Crippen molar-refractivity contribution in [1.29, 1.82) is 0 Å². The Kier molecular flexibility index (Phi) is 3.86. The summed E-state index contributed by atoms with van der Waals surface area (Å²) in [6.07, 6.45) is 1.76. The van der Waals surface area contributed by atoms with E-state index in [4.69, 9.17) is 18.0 Å². The summed E-state index contributed by atoms with van der Waals surface area (Å²) in [5.74, 6) is 0. The average Bonchev–Trinajstić information content (AvgIpc) is 2.17. The smallest absolute Gasteiger partial charge is 0.122 e. The molecule has 0 saturated heterocycles. The van der Waals surface area contributed by atoms with Gasteiger partial charge in [-0.05, 0) is 24.5 Å². The Balaban J connectivity index is 2.73. The number of hydrogen-bond acceptors (Lipinski definition) is 3. The van der Waals surface area contributed by atoms with Gasteiger partial charge in [0.25, 0.3) is 0 Å². The normalized spacial score (nSPS) is 13.2. The van der Waals surface area contributed by atoms with Crippen LogP contribution in [0.1, 0.15) is 33.4 Å². The van der Waals surface area contributed by atoms with Crippen molar-refractivity contribution in [3.8, 4) is 0 Å². The van der Waals surface area contributed by atoms with Crippen LogP contribution >= 0.6 is 12.2 Å². The summed E-state index contributed by atoms with van der Waals surface area (Å²) in [5, 5.41) is 3.40. The molecular formula is C12H19N3S. The molecule has 0 bridgehead atoms. The molecule has 16 heavy (non-hydrogen) atoms.